The minimum absolute atomic E-state index is 0.190. The van der Waals surface area contributed by atoms with Crippen molar-refractivity contribution in [3.05, 3.63) is 77.7 Å². The SMILES string of the molecule is COc1ccc(CCNC(=O)c2cc(N3CCc4ccccc43)ncn2)cc1. The van der Waals surface area contributed by atoms with Crippen LogP contribution in [0.2, 0.25) is 0 Å². The zero-order valence-corrected chi connectivity index (χ0v) is 15.8. The average Bonchev–Trinajstić information content (AvgIpc) is 3.18. The summed E-state index contributed by atoms with van der Waals surface area (Å²) in [6.07, 6.45) is 3.17. The molecule has 0 aliphatic carbocycles. The standard InChI is InChI=1S/C22H22N4O2/c1-28-18-8-6-16(7-9-18)10-12-23-22(27)19-14-21(25-15-24-19)26-13-11-17-4-2-3-5-20(17)26/h2-9,14-15H,10-13H2,1H3,(H,23,27). The second-order valence-electron chi connectivity index (χ2n) is 6.65. The fourth-order valence-corrected chi connectivity index (χ4v) is 3.40. The van der Waals surface area contributed by atoms with E-state index >= 15 is 0 Å². The van der Waals surface area contributed by atoms with E-state index in [0.29, 0.717) is 12.2 Å². The van der Waals surface area contributed by atoms with Crippen molar-refractivity contribution >= 4 is 17.4 Å². The first-order valence-electron chi connectivity index (χ1n) is 9.33. The largest absolute Gasteiger partial charge is 0.497 e. The van der Waals surface area contributed by atoms with Gasteiger partial charge in [0.2, 0.25) is 0 Å². The van der Waals surface area contributed by atoms with Crippen molar-refractivity contribution in [3.63, 3.8) is 0 Å². The zero-order valence-electron chi connectivity index (χ0n) is 15.8. The van der Waals surface area contributed by atoms with E-state index in [0.717, 1.165) is 42.2 Å². The summed E-state index contributed by atoms with van der Waals surface area (Å²) < 4.78 is 5.16. The van der Waals surface area contributed by atoms with Gasteiger partial charge in [-0.1, -0.05) is 30.3 Å². The van der Waals surface area contributed by atoms with Crippen LogP contribution < -0.4 is 15.0 Å². The van der Waals surface area contributed by atoms with E-state index in [-0.39, 0.29) is 5.91 Å². The Morgan fingerprint density at radius 2 is 1.96 bits per heavy atom. The molecule has 0 radical (unpaired) electrons. The lowest BCUT2D eigenvalue weighted by Gasteiger charge is -2.18. The van der Waals surface area contributed by atoms with Crippen LogP contribution >= 0.6 is 0 Å². The first-order valence-corrected chi connectivity index (χ1v) is 9.33. The van der Waals surface area contributed by atoms with Crippen molar-refractivity contribution in [1.29, 1.82) is 0 Å². The first-order chi connectivity index (χ1) is 13.7. The van der Waals surface area contributed by atoms with E-state index in [1.165, 1.54) is 11.9 Å². The number of hydrogen-bond donors (Lipinski definition) is 1. The van der Waals surface area contributed by atoms with Crippen molar-refractivity contribution in [1.82, 2.24) is 15.3 Å². The number of nitrogens with one attached hydrogen (secondary N) is 1. The van der Waals surface area contributed by atoms with E-state index in [4.69, 9.17) is 4.74 Å². The van der Waals surface area contributed by atoms with E-state index in [2.05, 4.69) is 32.3 Å². The summed E-state index contributed by atoms with van der Waals surface area (Å²) >= 11 is 0. The van der Waals surface area contributed by atoms with Crippen LogP contribution in [0.4, 0.5) is 11.5 Å². The van der Waals surface area contributed by atoms with Gasteiger partial charge in [0.1, 0.15) is 23.6 Å². The summed E-state index contributed by atoms with van der Waals surface area (Å²) in [6.45, 7) is 1.39. The van der Waals surface area contributed by atoms with Crippen LogP contribution in [0.5, 0.6) is 5.75 Å². The molecule has 142 valence electrons. The number of aromatic nitrogens is 2. The van der Waals surface area contributed by atoms with Crippen LogP contribution in [0.1, 0.15) is 21.6 Å². The number of amides is 1. The molecule has 3 aromatic rings. The number of anilines is 2. The van der Waals surface area contributed by atoms with Crippen molar-refractivity contribution in [2.24, 2.45) is 0 Å². The number of methoxy groups -OCH3 is 1. The van der Waals surface area contributed by atoms with E-state index in [1.807, 2.05) is 36.4 Å². The number of ether oxygens (including phenoxy) is 1. The summed E-state index contributed by atoms with van der Waals surface area (Å²) in [5, 5.41) is 2.93. The molecule has 0 saturated heterocycles. The van der Waals surface area contributed by atoms with Crippen LogP contribution in [0.15, 0.2) is 60.9 Å². The molecule has 4 rings (SSSR count). The first kappa shape index (κ1) is 18.0. The Morgan fingerprint density at radius 3 is 2.79 bits per heavy atom. The molecule has 0 bridgehead atoms. The minimum atomic E-state index is -0.190. The zero-order chi connectivity index (χ0) is 19.3. The lowest BCUT2D eigenvalue weighted by atomic mass is 10.1. The molecular weight excluding hydrogens is 352 g/mol. The second kappa shape index (κ2) is 8.08. The lowest BCUT2D eigenvalue weighted by Crippen LogP contribution is -2.27. The van der Waals surface area contributed by atoms with Gasteiger partial charge in [0.25, 0.3) is 5.91 Å². The van der Waals surface area contributed by atoms with Gasteiger partial charge >= 0.3 is 0 Å². The highest BCUT2D eigenvalue weighted by molar-refractivity contribution is 5.93. The van der Waals surface area contributed by atoms with Crippen molar-refractivity contribution < 1.29 is 9.53 Å². The molecule has 2 aromatic carbocycles. The van der Waals surface area contributed by atoms with Gasteiger partial charge < -0.3 is 15.0 Å². The van der Waals surface area contributed by atoms with Gasteiger partial charge in [-0.25, -0.2) is 9.97 Å². The predicted octanol–water partition coefficient (Wildman–Crippen LogP) is 3.15. The van der Waals surface area contributed by atoms with Crippen molar-refractivity contribution in [2.45, 2.75) is 12.8 Å². The number of benzene rings is 2. The summed E-state index contributed by atoms with van der Waals surface area (Å²) in [5.74, 6) is 1.38. The number of fused-ring (bicyclic) bond motifs is 1. The molecule has 0 fully saturated rings. The number of carbonyl (C=O) groups is 1. The normalized spacial score (nSPS) is 12.5. The van der Waals surface area contributed by atoms with Crippen molar-refractivity contribution in [2.75, 3.05) is 25.1 Å². The monoisotopic (exact) mass is 374 g/mol. The second-order valence-corrected chi connectivity index (χ2v) is 6.65. The lowest BCUT2D eigenvalue weighted by molar-refractivity contribution is 0.0949. The summed E-state index contributed by atoms with van der Waals surface area (Å²) in [7, 11) is 1.64. The van der Waals surface area contributed by atoms with E-state index in [9.17, 15) is 4.79 Å². The van der Waals surface area contributed by atoms with Crippen molar-refractivity contribution in [3.8, 4) is 5.75 Å². The number of hydrogen-bond acceptors (Lipinski definition) is 5. The number of nitrogens with zero attached hydrogens (tertiary/aromatic N) is 3. The maximum absolute atomic E-state index is 12.5. The van der Waals surface area contributed by atoms with E-state index in [1.54, 1.807) is 13.2 Å². The fourth-order valence-electron chi connectivity index (χ4n) is 3.40. The Hall–Kier alpha value is -3.41. The molecule has 1 aliphatic rings. The van der Waals surface area contributed by atoms with Gasteiger partial charge in [0.05, 0.1) is 7.11 Å². The number of rotatable bonds is 6. The molecule has 6 nitrogen and oxygen atoms in total. The molecule has 0 saturated carbocycles. The Kier molecular flexibility index (Phi) is 5.19. The van der Waals surface area contributed by atoms with Gasteiger partial charge in [0.15, 0.2) is 0 Å². The van der Waals surface area contributed by atoms with E-state index < -0.39 is 0 Å². The van der Waals surface area contributed by atoms with Gasteiger partial charge in [-0.05, 0) is 42.2 Å². The third-order valence-electron chi connectivity index (χ3n) is 4.91. The van der Waals surface area contributed by atoms with Gasteiger partial charge in [-0.2, -0.15) is 0 Å². The fraction of sp³-hybridized carbons (Fsp3) is 0.227. The van der Waals surface area contributed by atoms with Gasteiger partial charge in [-0.15, -0.1) is 0 Å². The molecule has 2 heterocycles. The van der Waals surface area contributed by atoms with Crippen LogP contribution in [0.3, 0.4) is 0 Å². The van der Waals surface area contributed by atoms with Crippen LogP contribution in [0, 0.1) is 0 Å². The molecular formula is C22H22N4O2. The summed E-state index contributed by atoms with van der Waals surface area (Å²) in [4.78, 5) is 23.2. The maximum atomic E-state index is 12.5. The molecule has 1 N–H and O–H groups in total. The third kappa shape index (κ3) is 3.81. The number of carbonyl (C=O) groups excluding carboxylic acids is 1. The highest BCUT2D eigenvalue weighted by atomic mass is 16.5. The summed E-state index contributed by atoms with van der Waals surface area (Å²) in [5.41, 5.74) is 3.96. The molecule has 0 spiro atoms. The third-order valence-corrected chi connectivity index (χ3v) is 4.91. The smallest absolute Gasteiger partial charge is 0.270 e. The quantitative estimate of drug-likeness (QED) is 0.718. The number of para-hydroxylation sites is 1. The molecule has 1 aromatic heterocycles. The maximum Gasteiger partial charge on any atom is 0.270 e. The molecule has 1 amide bonds. The Bertz CT molecular complexity index is 972. The highest BCUT2D eigenvalue weighted by Crippen LogP contribution is 2.32. The Morgan fingerprint density at radius 1 is 1.14 bits per heavy atom. The Labute approximate surface area is 164 Å². The van der Waals surface area contributed by atoms with Crippen LogP contribution in [-0.2, 0) is 12.8 Å². The molecule has 0 atom stereocenters. The molecule has 0 unspecified atom stereocenters. The average molecular weight is 374 g/mol. The molecule has 6 heteroatoms. The van der Waals surface area contributed by atoms with Gasteiger partial charge in [-0.3, -0.25) is 4.79 Å². The molecule has 1 aliphatic heterocycles. The topological polar surface area (TPSA) is 67.3 Å². The van der Waals surface area contributed by atoms with Crippen LogP contribution in [0.25, 0.3) is 0 Å². The summed E-state index contributed by atoms with van der Waals surface area (Å²) in [6, 6.07) is 17.9. The predicted molar refractivity (Wildman–Crippen MR) is 108 cm³/mol. The van der Waals surface area contributed by atoms with Gasteiger partial charge in [0, 0.05) is 24.8 Å². The Balaban J connectivity index is 1.39. The minimum Gasteiger partial charge on any atom is -0.497 e. The highest BCUT2D eigenvalue weighted by Gasteiger charge is 2.21. The molecule has 28 heavy (non-hydrogen) atoms. The van der Waals surface area contributed by atoms with Crippen LogP contribution in [-0.4, -0.2) is 36.1 Å².